The van der Waals surface area contributed by atoms with Gasteiger partial charge >= 0.3 is 0 Å². The van der Waals surface area contributed by atoms with Crippen LogP contribution in [0.25, 0.3) is 10.9 Å². The van der Waals surface area contributed by atoms with Crippen LogP contribution in [0.3, 0.4) is 0 Å². The summed E-state index contributed by atoms with van der Waals surface area (Å²) in [4.78, 5) is 31.4. The molecule has 1 aromatic heterocycles. The highest BCUT2D eigenvalue weighted by molar-refractivity contribution is 5.93. The lowest BCUT2D eigenvalue weighted by molar-refractivity contribution is -0.137. The van der Waals surface area contributed by atoms with Gasteiger partial charge in [0, 0.05) is 30.2 Å². The van der Waals surface area contributed by atoms with Gasteiger partial charge in [0.15, 0.2) is 0 Å². The Hall–Kier alpha value is -2.60. The summed E-state index contributed by atoms with van der Waals surface area (Å²) in [6, 6.07) is 8.21. The minimum absolute atomic E-state index is 0.0469. The summed E-state index contributed by atoms with van der Waals surface area (Å²) >= 11 is 0. The lowest BCUT2D eigenvalue weighted by Crippen LogP contribution is -2.44. The summed E-state index contributed by atoms with van der Waals surface area (Å²) in [6.07, 6.45) is 7.44. The first-order valence-electron chi connectivity index (χ1n) is 11.0. The zero-order valence-electron chi connectivity index (χ0n) is 17.6. The van der Waals surface area contributed by atoms with Crippen LogP contribution in [0.4, 0.5) is 0 Å². The zero-order valence-corrected chi connectivity index (χ0v) is 17.6. The molecule has 6 nitrogen and oxygen atoms in total. The predicted octanol–water partition coefficient (Wildman–Crippen LogP) is 2.65. The van der Waals surface area contributed by atoms with Crippen molar-refractivity contribution in [2.45, 2.75) is 38.4 Å². The van der Waals surface area contributed by atoms with Gasteiger partial charge in [-0.25, -0.2) is 0 Å². The molecule has 0 radical (unpaired) electrons. The summed E-state index contributed by atoms with van der Waals surface area (Å²) in [5.74, 6) is -0.308. The van der Waals surface area contributed by atoms with Crippen molar-refractivity contribution >= 4 is 22.7 Å². The number of nitrogens with one attached hydrogen (secondary N) is 2. The molecule has 2 saturated heterocycles. The van der Waals surface area contributed by atoms with Crippen LogP contribution < -0.4 is 5.32 Å². The van der Waals surface area contributed by atoms with Crippen molar-refractivity contribution in [3.8, 4) is 0 Å². The molecular formula is C24H29N3O3. The molecule has 6 heteroatoms. The van der Waals surface area contributed by atoms with Gasteiger partial charge in [0.05, 0.1) is 24.5 Å². The number of nitrogens with zero attached hydrogens (tertiary/aromatic N) is 1. The van der Waals surface area contributed by atoms with Gasteiger partial charge in [0.2, 0.25) is 11.8 Å². The maximum Gasteiger partial charge on any atom is 0.230 e. The fourth-order valence-electron chi connectivity index (χ4n) is 5.26. The van der Waals surface area contributed by atoms with Crippen LogP contribution in [-0.4, -0.2) is 53.0 Å². The maximum absolute atomic E-state index is 13.3. The SMILES string of the molecule is CC(C)CCNC(=O)[C@@H]1[C@@H]2C=C[C@]3(CN(CCc4c[nH]c5ccccc45)C(=O)[C@@H]13)O2. The van der Waals surface area contributed by atoms with E-state index < -0.39 is 17.4 Å². The molecule has 4 heterocycles. The molecule has 2 aromatic rings. The Morgan fingerprint density at radius 3 is 3.03 bits per heavy atom. The van der Waals surface area contributed by atoms with Gasteiger partial charge in [-0.1, -0.05) is 44.2 Å². The first-order valence-corrected chi connectivity index (χ1v) is 11.0. The largest absolute Gasteiger partial charge is 0.361 e. The zero-order chi connectivity index (χ0) is 20.9. The lowest BCUT2D eigenvalue weighted by Gasteiger charge is -2.23. The first-order chi connectivity index (χ1) is 14.5. The second-order valence-corrected chi connectivity index (χ2v) is 9.24. The second-order valence-electron chi connectivity index (χ2n) is 9.24. The number of carbonyl (C=O) groups excluding carboxylic acids is 2. The Morgan fingerprint density at radius 2 is 2.20 bits per heavy atom. The highest BCUT2D eigenvalue weighted by atomic mass is 16.5. The van der Waals surface area contributed by atoms with E-state index >= 15 is 0 Å². The van der Waals surface area contributed by atoms with E-state index in [-0.39, 0.29) is 17.9 Å². The molecular weight excluding hydrogens is 378 g/mol. The smallest absolute Gasteiger partial charge is 0.230 e. The van der Waals surface area contributed by atoms with E-state index in [1.807, 2.05) is 35.4 Å². The van der Waals surface area contributed by atoms with E-state index in [2.05, 4.69) is 36.3 Å². The van der Waals surface area contributed by atoms with Crippen molar-refractivity contribution in [1.82, 2.24) is 15.2 Å². The molecule has 30 heavy (non-hydrogen) atoms. The van der Waals surface area contributed by atoms with Gasteiger partial charge in [-0.3, -0.25) is 9.59 Å². The van der Waals surface area contributed by atoms with Crippen molar-refractivity contribution in [3.05, 3.63) is 48.2 Å². The Kier molecular flexibility index (Phi) is 4.69. The quantitative estimate of drug-likeness (QED) is 0.693. The van der Waals surface area contributed by atoms with Crippen LogP contribution in [0, 0.1) is 17.8 Å². The summed E-state index contributed by atoms with van der Waals surface area (Å²) in [7, 11) is 0. The first kappa shape index (κ1) is 19.4. The molecule has 2 fully saturated rings. The molecule has 0 aliphatic carbocycles. The van der Waals surface area contributed by atoms with E-state index in [4.69, 9.17) is 4.74 Å². The van der Waals surface area contributed by atoms with Crippen LogP contribution in [-0.2, 0) is 20.7 Å². The van der Waals surface area contributed by atoms with Gasteiger partial charge in [-0.2, -0.15) is 0 Å². The van der Waals surface area contributed by atoms with E-state index in [9.17, 15) is 9.59 Å². The third-order valence-corrected chi connectivity index (χ3v) is 6.83. The molecule has 1 aromatic carbocycles. The Balaban J connectivity index is 1.29. The molecule has 2 amide bonds. The van der Waals surface area contributed by atoms with E-state index in [0.29, 0.717) is 25.6 Å². The molecule has 0 saturated carbocycles. The number of benzene rings is 1. The van der Waals surface area contributed by atoms with E-state index in [0.717, 1.165) is 18.4 Å². The molecule has 2 N–H and O–H groups in total. The Morgan fingerprint density at radius 1 is 1.37 bits per heavy atom. The molecule has 1 spiro atoms. The van der Waals surface area contributed by atoms with E-state index in [1.54, 1.807) is 0 Å². The van der Waals surface area contributed by atoms with Gasteiger partial charge in [-0.15, -0.1) is 0 Å². The van der Waals surface area contributed by atoms with Crippen LogP contribution in [0.15, 0.2) is 42.6 Å². The number of aromatic amines is 1. The third kappa shape index (κ3) is 3.05. The number of carbonyl (C=O) groups is 2. The molecule has 3 aliphatic rings. The molecule has 2 bridgehead atoms. The summed E-state index contributed by atoms with van der Waals surface area (Å²) < 4.78 is 6.21. The van der Waals surface area contributed by atoms with Gasteiger partial charge < -0.3 is 19.9 Å². The van der Waals surface area contributed by atoms with Crippen molar-refractivity contribution < 1.29 is 14.3 Å². The van der Waals surface area contributed by atoms with Gasteiger partial charge in [0.25, 0.3) is 0 Å². The number of ether oxygens (including phenoxy) is 1. The van der Waals surface area contributed by atoms with Crippen LogP contribution in [0.1, 0.15) is 25.8 Å². The monoisotopic (exact) mass is 407 g/mol. The average Bonchev–Trinajstić information content (AvgIpc) is 3.46. The molecule has 158 valence electrons. The summed E-state index contributed by atoms with van der Waals surface area (Å²) in [6.45, 7) is 6.07. The minimum atomic E-state index is -0.637. The third-order valence-electron chi connectivity index (χ3n) is 6.83. The highest BCUT2D eigenvalue weighted by Gasteiger charge is 2.66. The summed E-state index contributed by atoms with van der Waals surface area (Å²) in [5.41, 5.74) is 1.68. The normalized spacial score (nSPS) is 29.4. The van der Waals surface area contributed by atoms with Gasteiger partial charge in [0.1, 0.15) is 5.60 Å². The fourth-order valence-corrected chi connectivity index (χ4v) is 5.26. The fraction of sp³-hybridized carbons (Fsp3) is 0.500. The molecule has 5 rings (SSSR count). The van der Waals surface area contributed by atoms with Crippen molar-refractivity contribution in [3.63, 3.8) is 0 Å². The van der Waals surface area contributed by atoms with Gasteiger partial charge in [-0.05, 0) is 30.4 Å². The number of amides is 2. The topological polar surface area (TPSA) is 74.4 Å². The number of rotatable bonds is 7. The number of hydrogen-bond donors (Lipinski definition) is 2. The number of fused-ring (bicyclic) bond motifs is 2. The number of likely N-dealkylation sites (tertiary alicyclic amines) is 1. The van der Waals surface area contributed by atoms with E-state index in [1.165, 1.54) is 10.9 Å². The number of para-hydroxylation sites is 1. The Bertz CT molecular complexity index is 1010. The molecule has 3 aliphatic heterocycles. The average molecular weight is 408 g/mol. The number of hydrogen-bond acceptors (Lipinski definition) is 3. The lowest BCUT2D eigenvalue weighted by atomic mass is 9.77. The number of aromatic nitrogens is 1. The minimum Gasteiger partial charge on any atom is -0.361 e. The van der Waals surface area contributed by atoms with Crippen LogP contribution >= 0.6 is 0 Å². The predicted molar refractivity (Wildman–Crippen MR) is 115 cm³/mol. The van der Waals surface area contributed by atoms with Crippen molar-refractivity contribution in [2.24, 2.45) is 17.8 Å². The van der Waals surface area contributed by atoms with Crippen LogP contribution in [0.5, 0.6) is 0 Å². The van der Waals surface area contributed by atoms with Crippen LogP contribution in [0.2, 0.25) is 0 Å². The summed E-state index contributed by atoms with van der Waals surface area (Å²) in [5, 5.41) is 4.23. The number of H-pyrrole nitrogens is 1. The second kappa shape index (κ2) is 7.27. The van der Waals surface area contributed by atoms with Crippen molar-refractivity contribution in [1.29, 1.82) is 0 Å². The molecule has 4 atom stereocenters. The maximum atomic E-state index is 13.3. The van der Waals surface area contributed by atoms with Crippen molar-refractivity contribution in [2.75, 3.05) is 19.6 Å². The molecule has 0 unspecified atom stereocenters. The standard InChI is InChI=1S/C24H29N3O3/c1-15(2)8-11-25-22(28)20-19-7-10-24(30-19)14-27(23(29)21(20)24)12-9-16-13-26-18-6-4-3-5-17(16)18/h3-7,10,13,15,19-21,26H,8-9,11-12,14H2,1-2H3,(H,25,28)/t19-,20+,21+,24+/m0/s1. The Labute approximate surface area is 176 Å². The highest BCUT2D eigenvalue weighted by Crippen LogP contribution is 2.51.